The molecule has 2 atom stereocenters. The summed E-state index contributed by atoms with van der Waals surface area (Å²) < 4.78 is 43.6. The van der Waals surface area contributed by atoms with E-state index in [0.717, 1.165) is 42.4 Å². The summed E-state index contributed by atoms with van der Waals surface area (Å²) in [5.41, 5.74) is -1.40. The molecule has 0 saturated carbocycles. The van der Waals surface area contributed by atoms with Gasteiger partial charge in [-0.3, -0.25) is 4.99 Å². The second-order valence-electron chi connectivity index (χ2n) is 8.64. The molecular formula is C19H29F3IN5O2S. The molecule has 2 unspecified atom stereocenters. The van der Waals surface area contributed by atoms with Gasteiger partial charge in [-0.2, -0.15) is 13.2 Å². The van der Waals surface area contributed by atoms with Gasteiger partial charge in [0.1, 0.15) is 10.6 Å². The number of thiazole rings is 1. The van der Waals surface area contributed by atoms with Gasteiger partial charge in [-0.05, 0) is 46.5 Å². The van der Waals surface area contributed by atoms with E-state index in [1.54, 1.807) is 7.05 Å². The van der Waals surface area contributed by atoms with Gasteiger partial charge >= 0.3 is 12.3 Å². The molecule has 0 aromatic carbocycles. The second-order valence-corrected chi connectivity index (χ2v) is 9.58. The highest BCUT2D eigenvalue weighted by Gasteiger charge is 2.45. The molecule has 2 bridgehead atoms. The predicted molar refractivity (Wildman–Crippen MR) is 124 cm³/mol. The zero-order valence-corrected chi connectivity index (χ0v) is 21.1. The van der Waals surface area contributed by atoms with Crippen molar-refractivity contribution in [2.24, 2.45) is 4.99 Å². The lowest BCUT2D eigenvalue weighted by Crippen LogP contribution is -2.54. The summed E-state index contributed by atoms with van der Waals surface area (Å²) >= 11 is 0.959. The van der Waals surface area contributed by atoms with Gasteiger partial charge < -0.3 is 20.3 Å². The monoisotopic (exact) mass is 575 g/mol. The number of hydrogen-bond acceptors (Lipinski definition) is 5. The van der Waals surface area contributed by atoms with E-state index in [-0.39, 0.29) is 54.7 Å². The minimum Gasteiger partial charge on any atom is -0.444 e. The molecule has 31 heavy (non-hydrogen) atoms. The molecule has 0 spiro atoms. The Balaban J connectivity index is 0.00000341. The predicted octanol–water partition coefficient (Wildman–Crippen LogP) is 4.38. The van der Waals surface area contributed by atoms with Gasteiger partial charge in [-0.25, -0.2) is 9.78 Å². The highest BCUT2D eigenvalue weighted by molar-refractivity contribution is 14.0. The molecule has 0 aliphatic carbocycles. The van der Waals surface area contributed by atoms with Crippen molar-refractivity contribution in [3.05, 3.63) is 16.1 Å². The van der Waals surface area contributed by atoms with Crippen LogP contribution in [0.5, 0.6) is 0 Å². The van der Waals surface area contributed by atoms with Gasteiger partial charge in [-0.1, -0.05) is 0 Å². The number of aliphatic imine (C=N–C) groups is 1. The van der Waals surface area contributed by atoms with Crippen LogP contribution in [-0.2, 0) is 17.5 Å². The largest absolute Gasteiger partial charge is 0.444 e. The first-order chi connectivity index (χ1) is 14.0. The Bertz CT molecular complexity index is 782. The van der Waals surface area contributed by atoms with Crippen LogP contribution in [-0.4, -0.2) is 52.7 Å². The van der Waals surface area contributed by atoms with Crippen molar-refractivity contribution < 1.29 is 22.7 Å². The summed E-state index contributed by atoms with van der Waals surface area (Å²) in [6.07, 6.45) is -1.28. The van der Waals surface area contributed by atoms with E-state index in [1.165, 1.54) is 0 Å². The number of aromatic nitrogens is 1. The number of rotatable bonds is 3. The fourth-order valence-electron chi connectivity index (χ4n) is 3.98. The fourth-order valence-corrected chi connectivity index (χ4v) is 4.72. The van der Waals surface area contributed by atoms with Gasteiger partial charge in [-0.15, -0.1) is 35.3 Å². The number of fused-ring (bicyclic) bond motifs is 2. The van der Waals surface area contributed by atoms with Crippen molar-refractivity contribution in [2.75, 3.05) is 7.05 Å². The van der Waals surface area contributed by atoms with Crippen molar-refractivity contribution >= 4 is 47.4 Å². The Morgan fingerprint density at radius 1 is 1.29 bits per heavy atom. The number of nitrogens with one attached hydrogen (secondary N) is 2. The van der Waals surface area contributed by atoms with Crippen molar-refractivity contribution in [2.45, 2.75) is 82.9 Å². The number of carbonyl (C=O) groups is 1. The first-order valence-electron chi connectivity index (χ1n) is 9.96. The SMILES string of the molecule is CN=C(NCc1nc(C(F)(F)F)cs1)NC1CC2CCC(C1)N2C(=O)OC(C)(C)C.I. The maximum absolute atomic E-state index is 12.7. The fraction of sp³-hybridized carbons (Fsp3) is 0.737. The third kappa shape index (κ3) is 6.83. The molecule has 176 valence electrons. The molecule has 2 fully saturated rings. The van der Waals surface area contributed by atoms with Crippen LogP contribution in [0.1, 0.15) is 57.2 Å². The maximum Gasteiger partial charge on any atom is 0.434 e. The van der Waals surface area contributed by atoms with E-state index in [1.807, 2.05) is 25.7 Å². The second kappa shape index (κ2) is 10.1. The molecular weight excluding hydrogens is 546 g/mol. The normalized spacial score (nSPS) is 23.9. The first kappa shape index (κ1) is 25.9. The minimum atomic E-state index is -4.43. The van der Waals surface area contributed by atoms with Crippen LogP contribution in [0.25, 0.3) is 0 Å². The summed E-state index contributed by atoms with van der Waals surface area (Å²) in [4.78, 5) is 22.2. The van der Waals surface area contributed by atoms with E-state index in [2.05, 4.69) is 20.6 Å². The number of carbonyl (C=O) groups excluding carboxylic acids is 1. The third-order valence-corrected chi connectivity index (χ3v) is 6.00. The lowest BCUT2D eigenvalue weighted by molar-refractivity contribution is -0.140. The lowest BCUT2D eigenvalue weighted by atomic mass is 9.98. The van der Waals surface area contributed by atoms with Crippen LogP contribution >= 0.6 is 35.3 Å². The minimum absolute atomic E-state index is 0. The standard InChI is InChI=1S/C19H28F3N5O2S.HI/c1-18(2,3)29-17(28)27-12-5-6-13(27)8-11(7-12)25-16(23-4)24-9-15-26-14(10-30-15)19(20,21)22;/h10-13H,5-9H2,1-4H3,(H2,23,24,25);1H. The van der Waals surface area contributed by atoms with Crippen molar-refractivity contribution in [1.29, 1.82) is 0 Å². The van der Waals surface area contributed by atoms with Gasteiger partial charge in [0.25, 0.3) is 0 Å². The zero-order chi connectivity index (χ0) is 22.1. The van der Waals surface area contributed by atoms with E-state index in [4.69, 9.17) is 4.74 Å². The number of alkyl halides is 3. The number of ether oxygens (including phenoxy) is 1. The Morgan fingerprint density at radius 2 is 1.90 bits per heavy atom. The zero-order valence-electron chi connectivity index (χ0n) is 18.0. The molecule has 2 saturated heterocycles. The third-order valence-electron chi connectivity index (χ3n) is 5.15. The van der Waals surface area contributed by atoms with Crippen LogP contribution in [0.15, 0.2) is 10.4 Å². The van der Waals surface area contributed by atoms with E-state index >= 15 is 0 Å². The molecule has 0 radical (unpaired) electrons. The highest BCUT2D eigenvalue weighted by Crippen LogP contribution is 2.37. The Morgan fingerprint density at radius 3 is 2.39 bits per heavy atom. The first-order valence-corrected chi connectivity index (χ1v) is 10.8. The van der Waals surface area contributed by atoms with E-state index < -0.39 is 17.5 Å². The Hall–Kier alpha value is -1.31. The number of guanidine groups is 1. The van der Waals surface area contributed by atoms with E-state index in [9.17, 15) is 18.0 Å². The van der Waals surface area contributed by atoms with Crippen molar-refractivity contribution in [1.82, 2.24) is 20.5 Å². The van der Waals surface area contributed by atoms with Crippen LogP contribution in [0, 0.1) is 0 Å². The van der Waals surface area contributed by atoms with E-state index in [0.29, 0.717) is 11.0 Å². The number of amides is 1. The van der Waals surface area contributed by atoms with Crippen molar-refractivity contribution in [3.8, 4) is 0 Å². The molecule has 3 rings (SSSR count). The quantitative estimate of drug-likeness (QED) is 0.318. The molecule has 1 aromatic heterocycles. The van der Waals surface area contributed by atoms with Gasteiger partial charge in [0.15, 0.2) is 11.7 Å². The average Bonchev–Trinajstić information content (AvgIpc) is 3.20. The maximum atomic E-state index is 12.7. The molecule has 2 N–H and O–H groups in total. The van der Waals surface area contributed by atoms with Crippen LogP contribution in [0.3, 0.4) is 0 Å². The smallest absolute Gasteiger partial charge is 0.434 e. The molecule has 2 aliphatic heterocycles. The molecule has 7 nitrogen and oxygen atoms in total. The Labute approximate surface area is 201 Å². The summed E-state index contributed by atoms with van der Waals surface area (Å²) in [5.74, 6) is 0.508. The Kier molecular flexibility index (Phi) is 8.45. The lowest BCUT2D eigenvalue weighted by Gasteiger charge is -2.40. The summed E-state index contributed by atoms with van der Waals surface area (Å²) in [6.45, 7) is 5.73. The van der Waals surface area contributed by atoms with Crippen LogP contribution < -0.4 is 10.6 Å². The van der Waals surface area contributed by atoms with Gasteiger partial charge in [0.05, 0.1) is 6.54 Å². The molecule has 1 aromatic rings. The van der Waals surface area contributed by atoms with Gasteiger partial charge in [0.2, 0.25) is 0 Å². The number of nitrogens with zero attached hydrogens (tertiary/aromatic N) is 3. The highest BCUT2D eigenvalue weighted by atomic mass is 127. The summed E-state index contributed by atoms with van der Waals surface area (Å²) in [6, 6.07) is 0.347. The molecule has 2 aliphatic rings. The molecule has 12 heteroatoms. The van der Waals surface area contributed by atoms with Crippen LogP contribution in [0.2, 0.25) is 0 Å². The summed E-state index contributed by atoms with van der Waals surface area (Å²) in [7, 11) is 1.61. The molecule has 1 amide bonds. The number of halogens is 4. The van der Waals surface area contributed by atoms with Crippen LogP contribution in [0.4, 0.5) is 18.0 Å². The molecule has 3 heterocycles. The van der Waals surface area contributed by atoms with Gasteiger partial charge in [0, 0.05) is 30.6 Å². The topological polar surface area (TPSA) is 78.9 Å². The number of piperidine rings is 1. The summed E-state index contributed by atoms with van der Waals surface area (Å²) in [5, 5.41) is 7.71. The average molecular weight is 575 g/mol. The van der Waals surface area contributed by atoms with Crippen molar-refractivity contribution in [3.63, 3.8) is 0 Å². The number of hydrogen-bond donors (Lipinski definition) is 2.